The molecule has 3 nitrogen and oxygen atoms in total. The van der Waals surface area contributed by atoms with Crippen LogP contribution in [0.2, 0.25) is 0 Å². The van der Waals surface area contributed by atoms with Gasteiger partial charge in [0, 0.05) is 55.1 Å². The van der Waals surface area contributed by atoms with Crippen molar-refractivity contribution in [2.45, 2.75) is 39.0 Å². The second-order valence-electron chi connectivity index (χ2n) is 9.76. The summed E-state index contributed by atoms with van der Waals surface area (Å²) in [6.07, 6.45) is 2.36. The lowest BCUT2D eigenvalue weighted by molar-refractivity contribution is 0.628. The Hall–Kier alpha value is -3.07. The Labute approximate surface area is 192 Å². The number of rotatable bonds is 3. The van der Waals surface area contributed by atoms with Crippen LogP contribution in [-0.2, 0) is 11.8 Å². The van der Waals surface area contributed by atoms with Gasteiger partial charge in [0.25, 0.3) is 0 Å². The summed E-state index contributed by atoms with van der Waals surface area (Å²) in [6.45, 7) is 9.21. The largest absolute Gasteiger partial charge is 0.378 e. The van der Waals surface area contributed by atoms with Gasteiger partial charge in [-0.25, -0.2) is 4.99 Å². The molecule has 1 aliphatic heterocycles. The highest BCUT2D eigenvalue weighted by Crippen LogP contribution is 2.46. The highest BCUT2D eigenvalue weighted by atomic mass is 15.1. The van der Waals surface area contributed by atoms with Crippen LogP contribution in [0.1, 0.15) is 55.0 Å². The van der Waals surface area contributed by atoms with E-state index in [-0.39, 0.29) is 5.41 Å². The van der Waals surface area contributed by atoms with Crippen molar-refractivity contribution in [3.63, 3.8) is 0 Å². The number of hydrogen-bond acceptors (Lipinski definition) is 3. The van der Waals surface area contributed by atoms with Crippen LogP contribution in [0.4, 0.5) is 17.1 Å². The highest BCUT2D eigenvalue weighted by molar-refractivity contribution is 6.18. The van der Waals surface area contributed by atoms with E-state index in [1.807, 2.05) is 0 Å². The van der Waals surface area contributed by atoms with Crippen molar-refractivity contribution >= 4 is 22.8 Å². The lowest BCUT2D eigenvalue weighted by Gasteiger charge is -2.39. The molecule has 0 fully saturated rings. The minimum absolute atomic E-state index is 0.0989. The standard InChI is InChI=1S/C29H33N3/c1-6-32-16-10-11-20-17-24-26(19-27(20)32)29(2,3)25-18-22(31(4)5)14-15-23(25)28(24)30-21-12-8-7-9-13-21/h7-9,12-15,17-19H,6,10-11,16H2,1-5H3. The molecule has 0 N–H and O–H groups in total. The Balaban J connectivity index is 1.80. The van der Waals surface area contributed by atoms with Crippen LogP contribution in [0.25, 0.3) is 0 Å². The Bertz CT molecular complexity index is 1190. The summed E-state index contributed by atoms with van der Waals surface area (Å²) in [6, 6.07) is 22.1. The van der Waals surface area contributed by atoms with Crippen LogP contribution in [0.3, 0.4) is 0 Å². The normalized spacial score (nSPS) is 17.5. The summed E-state index contributed by atoms with van der Waals surface area (Å²) in [5.74, 6) is 0. The fourth-order valence-corrected chi connectivity index (χ4v) is 5.33. The zero-order chi connectivity index (χ0) is 22.5. The zero-order valence-electron chi connectivity index (χ0n) is 19.9. The Kier molecular flexibility index (Phi) is 5.08. The maximum Gasteiger partial charge on any atom is 0.0787 e. The number of para-hydroxylation sites is 1. The number of fused-ring (bicyclic) bond motifs is 3. The number of aryl methyl sites for hydroxylation is 1. The lowest BCUT2D eigenvalue weighted by atomic mass is 9.67. The Morgan fingerprint density at radius 3 is 2.41 bits per heavy atom. The number of nitrogens with zero attached hydrogens (tertiary/aromatic N) is 3. The van der Waals surface area contributed by atoms with Crippen LogP contribution in [0.5, 0.6) is 0 Å². The summed E-state index contributed by atoms with van der Waals surface area (Å²) < 4.78 is 0. The SMILES string of the molecule is CCN1CCCc2cc3c(cc21)C(C)(C)c1cc(N(C)C)ccc1C3=Nc1ccccc1. The molecule has 32 heavy (non-hydrogen) atoms. The van der Waals surface area contributed by atoms with Crippen LogP contribution in [0, 0.1) is 0 Å². The van der Waals surface area contributed by atoms with Gasteiger partial charge >= 0.3 is 0 Å². The first-order valence-corrected chi connectivity index (χ1v) is 11.8. The number of aliphatic imine (C=N–C) groups is 1. The zero-order valence-corrected chi connectivity index (χ0v) is 19.9. The molecule has 0 unspecified atom stereocenters. The molecule has 0 radical (unpaired) electrons. The molecule has 0 amide bonds. The maximum absolute atomic E-state index is 5.22. The van der Waals surface area contributed by atoms with E-state index in [2.05, 4.69) is 105 Å². The molecule has 164 valence electrons. The number of anilines is 2. The molecule has 5 rings (SSSR count). The molecule has 3 aromatic rings. The summed E-state index contributed by atoms with van der Waals surface area (Å²) in [7, 11) is 4.22. The third kappa shape index (κ3) is 3.31. The molecular formula is C29H33N3. The van der Waals surface area contributed by atoms with E-state index < -0.39 is 0 Å². The van der Waals surface area contributed by atoms with Gasteiger partial charge in [0.1, 0.15) is 0 Å². The van der Waals surface area contributed by atoms with E-state index in [1.165, 1.54) is 45.6 Å². The van der Waals surface area contributed by atoms with Crippen molar-refractivity contribution in [1.29, 1.82) is 0 Å². The van der Waals surface area contributed by atoms with Crippen LogP contribution >= 0.6 is 0 Å². The van der Waals surface area contributed by atoms with Crippen LogP contribution in [0.15, 0.2) is 65.7 Å². The molecule has 0 aromatic heterocycles. The second-order valence-corrected chi connectivity index (χ2v) is 9.76. The second kappa shape index (κ2) is 7.81. The van der Waals surface area contributed by atoms with Gasteiger partial charge in [0.15, 0.2) is 0 Å². The van der Waals surface area contributed by atoms with E-state index in [1.54, 1.807) is 0 Å². The van der Waals surface area contributed by atoms with Gasteiger partial charge in [-0.05, 0) is 72.9 Å². The minimum atomic E-state index is -0.0989. The van der Waals surface area contributed by atoms with E-state index in [0.717, 1.165) is 30.9 Å². The van der Waals surface area contributed by atoms with Gasteiger partial charge in [-0.1, -0.05) is 38.1 Å². The van der Waals surface area contributed by atoms with Crippen molar-refractivity contribution in [3.05, 3.63) is 88.5 Å². The lowest BCUT2D eigenvalue weighted by Crippen LogP contribution is -2.34. The summed E-state index contributed by atoms with van der Waals surface area (Å²) in [5, 5.41) is 0. The molecule has 0 saturated heterocycles. The molecule has 0 spiro atoms. The first-order chi connectivity index (χ1) is 15.4. The third-order valence-corrected chi connectivity index (χ3v) is 7.19. The van der Waals surface area contributed by atoms with E-state index in [0.29, 0.717) is 0 Å². The first kappa shape index (κ1) is 20.8. The average molecular weight is 424 g/mol. The molecule has 0 saturated carbocycles. The van der Waals surface area contributed by atoms with Crippen molar-refractivity contribution in [2.24, 2.45) is 4.99 Å². The number of hydrogen-bond donors (Lipinski definition) is 0. The molecule has 3 aromatic carbocycles. The van der Waals surface area contributed by atoms with Crippen molar-refractivity contribution in [1.82, 2.24) is 0 Å². The third-order valence-electron chi connectivity index (χ3n) is 7.19. The summed E-state index contributed by atoms with van der Waals surface area (Å²) in [5.41, 5.74) is 11.4. The molecule has 0 bridgehead atoms. The first-order valence-electron chi connectivity index (χ1n) is 11.8. The average Bonchev–Trinajstić information content (AvgIpc) is 2.81. The van der Waals surface area contributed by atoms with Gasteiger partial charge in [-0.2, -0.15) is 0 Å². The van der Waals surface area contributed by atoms with Gasteiger partial charge < -0.3 is 9.80 Å². The Morgan fingerprint density at radius 1 is 0.938 bits per heavy atom. The van der Waals surface area contributed by atoms with E-state index >= 15 is 0 Å². The van der Waals surface area contributed by atoms with E-state index in [4.69, 9.17) is 4.99 Å². The monoisotopic (exact) mass is 423 g/mol. The topological polar surface area (TPSA) is 18.8 Å². The highest BCUT2D eigenvalue weighted by Gasteiger charge is 2.37. The molecule has 0 atom stereocenters. The predicted molar refractivity (Wildman–Crippen MR) is 137 cm³/mol. The molecular weight excluding hydrogens is 390 g/mol. The van der Waals surface area contributed by atoms with E-state index in [9.17, 15) is 0 Å². The molecule has 1 heterocycles. The smallest absolute Gasteiger partial charge is 0.0787 e. The van der Waals surface area contributed by atoms with Crippen molar-refractivity contribution < 1.29 is 0 Å². The summed E-state index contributed by atoms with van der Waals surface area (Å²) in [4.78, 5) is 9.94. The minimum Gasteiger partial charge on any atom is -0.378 e. The van der Waals surface area contributed by atoms with Crippen LogP contribution < -0.4 is 9.80 Å². The van der Waals surface area contributed by atoms with Crippen LogP contribution in [-0.4, -0.2) is 32.9 Å². The molecule has 1 aliphatic carbocycles. The Morgan fingerprint density at radius 2 is 1.69 bits per heavy atom. The van der Waals surface area contributed by atoms with Gasteiger partial charge in [-0.3, -0.25) is 0 Å². The fourth-order valence-electron chi connectivity index (χ4n) is 5.33. The molecule has 3 heteroatoms. The van der Waals surface area contributed by atoms with Gasteiger partial charge in [-0.15, -0.1) is 0 Å². The quantitative estimate of drug-likeness (QED) is 0.490. The summed E-state index contributed by atoms with van der Waals surface area (Å²) >= 11 is 0. The maximum atomic E-state index is 5.22. The predicted octanol–water partition coefficient (Wildman–Crippen LogP) is 6.33. The molecule has 2 aliphatic rings. The number of benzene rings is 3. The van der Waals surface area contributed by atoms with Crippen molar-refractivity contribution in [2.75, 3.05) is 37.0 Å². The fraction of sp³-hybridized carbons (Fsp3) is 0.345. The van der Waals surface area contributed by atoms with Gasteiger partial charge in [0.05, 0.1) is 11.4 Å². The van der Waals surface area contributed by atoms with Gasteiger partial charge in [0.2, 0.25) is 0 Å². The van der Waals surface area contributed by atoms with Crippen molar-refractivity contribution in [3.8, 4) is 0 Å².